The fraction of sp³-hybridized carbons (Fsp3) is 0.500. The number of hydrogen-bond donors (Lipinski definition) is 2. The summed E-state index contributed by atoms with van der Waals surface area (Å²) in [5, 5.41) is 3.41. The van der Waals surface area contributed by atoms with Crippen LogP contribution in [-0.2, 0) is 6.42 Å². The fourth-order valence-electron chi connectivity index (χ4n) is 2.78. The lowest BCUT2D eigenvalue weighted by atomic mass is 10.1. The molecule has 1 aromatic heterocycles. The van der Waals surface area contributed by atoms with Crippen molar-refractivity contribution in [3.8, 4) is 0 Å². The van der Waals surface area contributed by atoms with Gasteiger partial charge >= 0.3 is 0 Å². The van der Waals surface area contributed by atoms with E-state index in [2.05, 4.69) is 36.3 Å². The molecule has 0 bridgehead atoms. The van der Waals surface area contributed by atoms with Gasteiger partial charge < -0.3 is 10.3 Å². The minimum Gasteiger partial charge on any atom is -0.342 e. The molecule has 3 nitrogen and oxygen atoms in total. The number of H-pyrrole nitrogens is 1. The van der Waals surface area contributed by atoms with Crippen molar-refractivity contribution >= 4 is 11.0 Å². The predicted molar refractivity (Wildman–Crippen MR) is 70.2 cm³/mol. The summed E-state index contributed by atoms with van der Waals surface area (Å²) in [7, 11) is 0. The maximum absolute atomic E-state index is 4.73. The third kappa shape index (κ3) is 2.07. The minimum atomic E-state index is 0.747. The van der Waals surface area contributed by atoms with E-state index in [4.69, 9.17) is 4.98 Å². The number of benzene rings is 1. The molecule has 0 aliphatic carbocycles. The molecular formula is C14H19N3. The molecule has 3 heteroatoms. The summed E-state index contributed by atoms with van der Waals surface area (Å²) in [5.41, 5.74) is 4.89. The molecule has 17 heavy (non-hydrogen) atoms. The van der Waals surface area contributed by atoms with Gasteiger partial charge in [-0.1, -0.05) is 6.07 Å². The van der Waals surface area contributed by atoms with Crippen LogP contribution in [-0.4, -0.2) is 23.1 Å². The Hall–Kier alpha value is -1.35. The van der Waals surface area contributed by atoms with Crippen LogP contribution in [0.5, 0.6) is 0 Å². The quantitative estimate of drug-likeness (QED) is 0.829. The monoisotopic (exact) mass is 229 g/mol. The van der Waals surface area contributed by atoms with E-state index in [-0.39, 0.29) is 0 Å². The smallest absolute Gasteiger partial charge is 0.107 e. The molecule has 0 radical (unpaired) electrons. The summed E-state index contributed by atoms with van der Waals surface area (Å²) in [6.45, 7) is 6.56. The van der Waals surface area contributed by atoms with Gasteiger partial charge in [-0.3, -0.25) is 0 Å². The van der Waals surface area contributed by atoms with Crippen molar-refractivity contribution in [2.24, 2.45) is 5.92 Å². The van der Waals surface area contributed by atoms with Crippen LogP contribution >= 0.6 is 0 Å². The maximum atomic E-state index is 4.73. The van der Waals surface area contributed by atoms with Crippen molar-refractivity contribution in [3.05, 3.63) is 29.1 Å². The van der Waals surface area contributed by atoms with Crippen LogP contribution in [0.3, 0.4) is 0 Å². The lowest BCUT2D eigenvalue weighted by Gasteiger charge is -2.03. The molecule has 1 saturated heterocycles. The Balaban J connectivity index is 1.93. The molecule has 1 aromatic carbocycles. The maximum Gasteiger partial charge on any atom is 0.107 e. The van der Waals surface area contributed by atoms with E-state index in [0.717, 1.165) is 36.8 Å². The zero-order valence-electron chi connectivity index (χ0n) is 10.5. The van der Waals surface area contributed by atoms with Gasteiger partial charge in [0.2, 0.25) is 0 Å². The summed E-state index contributed by atoms with van der Waals surface area (Å²) < 4.78 is 0. The second-order valence-electron chi connectivity index (χ2n) is 5.22. The van der Waals surface area contributed by atoms with Crippen molar-refractivity contribution < 1.29 is 0 Å². The second-order valence-corrected chi connectivity index (χ2v) is 5.22. The zero-order chi connectivity index (χ0) is 11.8. The number of rotatable bonds is 2. The van der Waals surface area contributed by atoms with Crippen molar-refractivity contribution in [1.82, 2.24) is 15.3 Å². The number of nitrogens with one attached hydrogen (secondary N) is 2. The van der Waals surface area contributed by atoms with Gasteiger partial charge in [0.25, 0.3) is 0 Å². The normalized spacial score (nSPS) is 20.2. The number of fused-ring (bicyclic) bond motifs is 1. The van der Waals surface area contributed by atoms with Crippen molar-refractivity contribution in [2.75, 3.05) is 13.1 Å². The summed E-state index contributed by atoms with van der Waals surface area (Å²) in [5.74, 6) is 1.89. The highest BCUT2D eigenvalue weighted by atomic mass is 14.9. The lowest BCUT2D eigenvalue weighted by Crippen LogP contribution is -2.11. The number of nitrogens with zero attached hydrogens (tertiary/aromatic N) is 1. The third-order valence-corrected chi connectivity index (χ3v) is 3.61. The Labute approximate surface area is 102 Å². The molecule has 1 atom stereocenters. The van der Waals surface area contributed by atoms with Crippen LogP contribution in [0, 0.1) is 19.8 Å². The molecule has 2 N–H and O–H groups in total. The standard InChI is InChI=1S/C14H19N3/c1-9-5-10(2)14-12(6-9)16-13(17-14)7-11-3-4-15-8-11/h5-6,11,15H,3-4,7-8H2,1-2H3,(H,16,17). The molecule has 2 heterocycles. The molecule has 3 rings (SSSR count). The van der Waals surface area contributed by atoms with Crippen LogP contribution < -0.4 is 5.32 Å². The number of aryl methyl sites for hydroxylation is 2. The Kier molecular flexibility index (Phi) is 2.63. The highest BCUT2D eigenvalue weighted by Crippen LogP contribution is 2.20. The summed E-state index contributed by atoms with van der Waals surface area (Å²) >= 11 is 0. The Bertz CT molecular complexity index is 536. The van der Waals surface area contributed by atoms with Gasteiger partial charge in [-0.15, -0.1) is 0 Å². The lowest BCUT2D eigenvalue weighted by molar-refractivity contribution is 0.565. The van der Waals surface area contributed by atoms with Gasteiger partial charge in [-0.2, -0.15) is 0 Å². The van der Waals surface area contributed by atoms with E-state index >= 15 is 0 Å². The van der Waals surface area contributed by atoms with Gasteiger partial charge in [0.1, 0.15) is 5.82 Å². The Morgan fingerprint density at radius 1 is 1.35 bits per heavy atom. The molecule has 0 amide bonds. The average molecular weight is 229 g/mol. The fourth-order valence-corrected chi connectivity index (χ4v) is 2.78. The van der Waals surface area contributed by atoms with Gasteiger partial charge in [0, 0.05) is 6.42 Å². The molecule has 1 aliphatic heterocycles. The summed E-state index contributed by atoms with van der Waals surface area (Å²) in [6, 6.07) is 4.38. The van der Waals surface area contributed by atoms with Crippen LogP contribution in [0.25, 0.3) is 11.0 Å². The van der Waals surface area contributed by atoms with E-state index in [1.54, 1.807) is 0 Å². The van der Waals surface area contributed by atoms with Crippen molar-refractivity contribution in [3.63, 3.8) is 0 Å². The molecule has 0 spiro atoms. The van der Waals surface area contributed by atoms with Crippen molar-refractivity contribution in [2.45, 2.75) is 26.7 Å². The van der Waals surface area contributed by atoms with E-state index in [1.807, 2.05) is 0 Å². The van der Waals surface area contributed by atoms with E-state index in [9.17, 15) is 0 Å². The van der Waals surface area contributed by atoms with Gasteiger partial charge in [-0.25, -0.2) is 4.98 Å². The van der Waals surface area contributed by atoms with Crippen LogP contribution in [0.2, 0.25) is 0 Å². The minimum absolute atomic E-state index is 0.747. The first-order chi connectivity index (χ1) is 8.22. The van der Waals surface area contributed by atoms with Gasteiger partial charge in [-0.05, 0) is 56.5 Å². The average Bonchev–Trinajstić information content (AvgIpc) is 2.87. The Morgan fingerprint density at radius 3 is 3.00 bits per heavy atom. The third-order valence-electron chi connectivity index (χ3n) is 3.61. The number of aromatic nitrogens is 2. The first kappa shape index (κ1) is 10.8. The first-order valence-corrected chi connectivity index (χ1v) is 6.39. The molecule has 2 aromatic rings. The van der Waals surface area contributed by atoms with Gasteiger partial charge in [0.15, 0.2) is 0 Å². The highest BCUT2D eigenvalue weighted by Gasteiger charge is 2.17. The number of imidazole rings is 1. The van der Waals surface area contributed by atoms with Crippen LogP contribution in [0.1, 0.15) is 23.4 Å². The molecule has 1 aliphatic rings. The molecule has 0 saturated carbocycles. The Morgan fingerprint density at radius 2 is 2.24 bits per heavy atom. The second kappa shape index (κ2) is 4.15. The summed E-state index contributed by atoms with van der Waals surface area (Å²) in [6.07, 6.45) is 2.34. The van der Waals surface area contributed by atoms with Gasteiger partial charge in [0.05, 0.1) is 11.0 Å². The predicted octanol–water partition coefficient (Wildman–Crippen LogP) is 2.33. The molecular weight excluding hydrogens is 210 g/mol. The largest absolute Gasteiger partial charge is 0.342 e. The number of hydrogen-bond acceptors (Lipinski definition) is 2. The van der Waals surface area contributed by atoms with Crippen LogP contribution in [0.4, 0.5) is 0 Å². The van der Waals surface area contributed by atoms with Crippen LogP contribution in [0.15, 0.2) is 12.1 Å². The van der Waals surface area contributed by atoms with E-state index < -0.39 is 0 Å². The molecule has 1 unspecified atom stereocenters. The van der Waals surface area contributed by atoms with Crippen molar-refractivity contribution in [1.29, 1.82) is 0 Å². The topological polar surface area (TPSA) is 40.7 Å². The first-order valence-electron chi connectivity index (χ1n) is 6.39. The molecule has 1 fully saturated rings. The van der Waals surface area contributed by atoms with E-state index in [1.165, 1.54) is 23.1 Å². The molecule has 90 valence electrons. The SMILES string of the molecule is Cc1cc(C)c2nc(CC3CCNC3)[nH]c2c1. The van der Waals surface area contributed by atoms with E-state index in [0.29, 0.717) is 0 Å². The highest BCUT2D eigenvalue weighted by molar-refractivity contribution is 5.79. The zero-order valence-corrected chi connectivity index (χ0v) is 10.5. The summed E-state index contributed by atoms with van der Waals surface area (Å²) in [4.78, 5) is 8.20. The number of aromatic amines is 1.